The molecule has 1 saturated heterocycles. The molecule has 2 N–H and O–H groups in total. The zero-order valence-corrected chi connectivity index (χ0v) is 13.8. The van der Waals surface area contributed by atoms with E-state index in [1.165, 1.54) is 0 Å². The summed E-state index contributed by atoms with van der Waals surface area (Å²) in [6, 6.07) is 0.310. The summed E-state index contributed by atoms with van der Waals surface area (Å²) in [4.78, 5) is 14.0. The van der Waals surface area contributed by atoms with Gasteiger partial charge in [0, 0.05) is 24.7 Å². The van der Waals surface area contributed by atoms with Crippen molar-refractivity contribution < 1.29 is 14.6 Å². The maximum atomic E-state index is 12.2. The molecule has 0 spiro atoms. The van der Waals surface area contributed by atoms with E-state index in [0.717, 1.165) is 38.8 Å². The van der Waals surface area contributed by atoms with E-state index in [0.29, 0.717) is 12.0 Å². The average Bonchev–Trinajstić information content (AvgIpc) is 3.17. The number of hydrogen-bond acceptors (Lipinski definition) is 4. The van der Waals surface area contributed by atoms with Crippen LogP contribution in [0.2, 0.25) is 0 Å². The van der Waals surface area contributed by atoms with Crippen LogP contribution < -0.4 is 5.32 Å². The molecule has 0 aromatic carbocycles. The average molecular weight is 298 g/mol. The van der Waals surface area contributed by atoms with Gasteiger partial charge in [-0.15, -0.1) is 0 Å². The van der Waals surface area contributed by atoms with Gasteiger partial charge in [0.15, 0.2) is 0 Å². The molecule has 1 amide bonds. The molecule has 2 atom stereocenters. The van der Waals surface area contributed by atoms with Crippen LogP contribution >= 0.6 is 0 Å². The summed E-state index contributed by atoms with van der Waals surface area (Å²) in [5.41, 5.74) is -0.490. The lowest BCUT2D eigenvalue weighted by molar-refractivity contribution is 0.0142. The molecule has 1 heterocycles. The van der Waals surface area contributed by atoms with Crippen molar-refractivity contribution in [1.29, 1.82) is 0 Å². The van der Waals surface area contributed by atoms with Crippen LogP contribution in [-0.2, 0) is 4.74 Å². The van der Waals surface area contributed by atoms with Crippen LogP contribution in [0.1, 0.15) is 53.4 Å². The first-order valence-electron chi connectivity index (χ1n) is 8.11. The predicted octanol–water partition coefficient (Wildman–Crippen LogP) is 2.14. The normalized spacial score (nSPS) is 26.3. The first kappa shape index (κ1) is 16.6. The maximum absolute atomic E-state index is 12.2. The molecule has 21 heavy (non-hydrogen) atoms. The molecule has 5 heteroatoms. The third-order valence-electron chi connectivity index (χ3n) is 4.51. The van der Waals surface area contributed by atoms with Gasteiger partial charge in [-0.1, -0.05) is 0 Å². The van der Waals surface area contributed by atoms with Gasteiger partial charge < -0.3 is 20.1 Å². The topological polar surface area (TPSA) is 61.8 Å². The lowest BCUT2D eigenvalue weighted by atomic mass is 9.91. The Morgan fingerprint density at radius 1 is 1.48 bits per heavy atom. The van der Waals surface area contributed by atoms with Crippen molar-refractivity contribution in [3.8, 4) is 0 Å². The summed E-state index contributed by atoms with van der Waals surface area (Å²) in [7, 11) is 0. The van der Waals surface area contributed by atoms with Gasteiger partial charge in [0.25, 0.3) is 0 Å². The monoisotopic (exact) mass is 298 g/mol. The second-order valence-electron chi connectivity index (χ2n) is 7.70. The Balaban J connectivity index is 1.86. The van der Waals surface area contributed by atoms with Gasteiger partial charge in [-0.3, -0.25) is 0 Å². The SMILES string of the molecule is CC(NC1(CO)CC1)C1CCCN(C(=O)OC(C)(C)C)C1. The van der Waals surface area contributed by atoms with Crippen LogP contribution in [0, 0.1) is 5.92 Å². The number of carbonyl (C=O) groups excluding carboxylic acids is 1. The van der Waals surface area contributed by atoms with Crippen LogP contribution in [0.4, 0.5) is 4.79 Å². The number of ether oxygens (including phenoxy) is 1. The number of nitrogens with one attached hydrogen (secondary N) is 1. The summed E-state index contributed by atoms with van der Waals surface area (Å²) < 4.78 is 5.47. The van der Waals surface area contributed by atoms with Gasteiger partial charge in [0.1, 0.15) is 5.60 Å². The Labute approximate surface area is 128 Å². The molecule has 2 rings (SSSR count). The number of nitrogens with zero attached hydrogens (tertiary/aromatic N) is 1. The highest BCUT2D eigenvalue weighted by Gasteiger charge is 2.44. The first-order chi connectivity index (χ1) is 9.75. The molecule has 2 fully saturated rings. The Kier molecular flexibility index (Phi) is 4.83. The molecular formula is C16H30N2O3. The van der Waals surface area contributed by atoms with Gasteiger partial charge in [0.05, 0.1) is 6.61 Å². The molecule has 2 unspecified atom stereocenters. The summed E-state index contributed by atoms with van der Waals surface area (Å²) in [6.45, 7) is 9.59. The van der Waals surface area contributed by atoms with Crippen molar-refractivity contribution in [2.24, 2.45) is 5.92 Å². The summed E-state index contributed by atoms with van der Waals surface area (Å²) >= 11 is 0. The number of amides is 1. The zero-order chi connectivity index (χ0) is 15.7. The minimum absolute atomic E-state index is 0.0480. The Hall–Kier alpha value is -0.810. The summed E-state index contributed by atoms with van der Waals surface area (Å²) in [6.07, 6.45) is 4.03. The Bertz CT molecular complexity index is 374. The van der Waals surface area contributed by atoms with Crippen molar-refractivity contribution in [3.05, 3.63) is 0 Å². The molecule has 1 saturated carbocycles. The molecule has 1 aliphatic carbocycles. The molecule has 122 valence electrons. The molecule has 0 aromatic rings. The first-order valence-corrected chi connectivity index (χ1v) is 8.11. The third kappa shape index (κ3) is 4.58. The van der Waals surface area contributed by atoms with Crippen molar-refractivity contribution >= 4 is 6.09 Å². The molecule has 5 nitrogen and oxygen atoms in total. The predicted molar refractivity (Wildman–Crippen MR) is 82.2 cm³/mol. The van der Waals surface area contributed by atoms with E-state index in [2.05, 4.69) is 12.2 Å². The van der Waals surface area contributed by atoms with Gasteiger partial charge in [-0.05, 0) is 59.3 Å². The largest absolute Gasteiger partial charge is 0.444 e. The highest BCUT2D eigenvalue weighted by Crippen LogP contribution is 2.36. The van der Waals surface area contributed by atoms with Crippen molar-refractivity contribution in [2.45, 2.75) is 70.6 Å². The van der Waals surface area contributed by atoms with E-state index in [1.807, 2.05) is 25.7 Å². The van der Waals surface area contributed by atoms with E-state index in [9.17, 15) is 9.90 Å². The van der Waals surface area contributed by atoms with E-state index in [4.69, 9.17) is 4.74 Å². The Morgan fingerprint density at radius 2 is 2.14 bits per heavy atom. The van der Waals surface area contributed by atoms with Gasteiger partial charge in [0.2, 0.25) is 0 Å². The van der Waals surface area contributed by atoms with E-state index in [-0.39, 0.29) is 18.2 Å². The minimum atomic E-state index is -0.442. The number of likely N-dealkylation sites (tertiary alicyclic amines) is 1. The lowest BCUT2D eigenvalue weighted by Crippen LogP contribution is -2.51. The number of aliphatic hydroxyl groups is 1. The van der Waals surface area contributed by atoms with Crippen LogP contribution in [0.5, 0.6) is 0 Å². The lowest BCUT2D eigenvalue weighted by Gasteiger charge is -2.38. The molecular weight excluding hydrogens is 268 g/mol. The molecule has 1 aliphatic heterocycles. The molecule has 0 bridgehead atoms. The molecule has 0 aromatic heterocycles. The fourth-order valence-corrected chi connectivity index (χ4v) is 3.01. The number of carbonyl (C=O) groups is 1. The number of aliphatic hydroxyl groups excluding tert-OH is 1. The van der Waals surface area contributed by atoms with Gasteiger partial charge >= 0.3 is 6.09 Å². The Morgan fingerprint density at radius 3 is 2.67 bits per heavy atom. The quantitative estimate of drug-likeness (QED) is 0.835. The van der Waals surface area contributed by atoms with Crippen molar-refractivity contribution in [1.82, 2.24) is 10.2 Å². The minimum Gasteiger partial charge on any atom is -0.444 e. The maximum Gasteiger partial charge on any atom is 0.410 e. The van der Waals surface area contributed by atoms with E-state index in [1.54, 1.807) is 0 Å². The smallest absolute Gasteiger partial charge is 0.410 e. The van der Waals surface area contributed by atoms with Crippen LogP contribution in [0.25, 0.3) is 0 Å². The van der Waals surface area contributed by atoms with E-state index < -0.39 is 5.60 Å². The van der Waals surface area contributed by atoms with Crippen LogP contribution in [-0.4, -0.2) is 53.0 Å². The number of hydrogen-bond donors (Lipinski definition) is 2. The number of piperidine rings is 1. The zero-order valence-electron chi connectivity index (χ0n) is 13.8. The summed E-state index contributed by atoms with van der Waals surface area (Å²) in [5.74, 6) is 0.426. The van der Waals surface area contributed by atoms with E-state index >= 15 is 0 Å². The molecule has 2 aliphatic rings. The van der Waals surface area contributed by atoms with Gasteiger partial charge in [-0.2, -0.15) is 0 Å². The highest BCUT2D eigenvalue weighted by molar-refractivity contribution is 5.68. The van der Waals surface area contributed by atoms with Crippen molar-refractivity contribution in [2.75, 3.05) is 19.7 Å². The second-order valence-corrected chi connectivity index (χ2v) is 7.70. The fraction of sp³-hybridized carbons (Fsp3) is 0.938. The third-order valence-corrected chi connectivity index (χ3v) is 4.51. The summed E-state index contributed by atoms with van der Waals surface area (Å²) in [5, 5.41) is 13.0. The second kappa shape index (κ2) is 6.13. The van der Waals surface area contributed by atoms with Crippen molar-refractivity contribution in [3.63, 3.8) is 0 Å². The standard InChI is InChI=1S/C16H30N2O3/c1-12(17-16(11-19)7-8-16)13-6-5-9-18(10-13)14(20)21-15(2,3)4/h12-13,17,19H,5-11H2,1-4H3. The highest BCUT2D eigenvalue weighted by atomic mass is 16.6. The molecule has 0 radical (unpaired) electrons. The van der Waals surface area contributed by atoms with Crippen LogP contribution in [0.3, 0.4) is 0 Å². The van der Waals surface area contributed by atoms with Crippen LogP contribution in [0.15, 0.2) is 0 Å². The number of rotatable bonds is 4. The van der Waals surface area contributed by atoms with Gasteiger partial charge in [-0.25, -0.2) is 4.79 Å². The fourth-order valence-electron chi connectivity index (χ4n) is 3.01.